The van der Waals surface area contributed by atoms with Crippen molar-refractivity contribution in [1.29, 1.82) is 0 Å². The summed E-state index contributed by atoms with van der Waals surface area (Å²) in [5.74, 6) is -0.943. The highest BCUT2D eigenvalue weighted by molar-refractivity contribution is 6.30. The molecule has 35 heavy (non-hydrogen) atoms. The zero-order valence-electron chi connectivity index (χ0n) is 18.8. The number of carbonyl (C=O) groups is 2. The molecule has 0 unspecified atom stereocenters. The largest absolute Gasteiger partial charge is 0.484 e. The number of rotatable bonds is 9. The van der Waals surface area contributed by atoms with Gasteiger partial charge in [-0.3, -0.25) is 9.59 Å². The predicted molar refractivity (Wildman–Crippen MR) is 121 cm³/mol. The third-order valence-electron chi connectivity index (χ3n) is 6.85. The van der Waals surface area contributed by atoms with Gasteiger partial charge in [-0.2, -0.15) is 8.78 Å². The Hall–Kier alpha value is -3.01. The average Bonchev–Trinajstić information content (AvgIpc) is 2.85. The Morgan fingerprint density at radius 2 is 1.80 bits per heavy atom. The van der Waals surface area contributed by atoms with Gasteiger partial charge in [-0.25, -0.2) is 9.37 Å². The van der Waals surface area contributed by atoms with Crippen molar-refractivity contribution in [2.75, 3.05) is 6.61 Å². The lowest BCUT2D eigenvalue weighted by Crippen LogP contribution is -2.60. The van der Waals surface area contributed by atoms with Crippen molar-refractivity contribution in [1.82, 2.24) is 15.6 Å². The summed E-state index contributed by atoms with van der Waals surface area (Å²) in [4.78, 5) is 29.3. The Bertz CT molecular complexity index is 1060. The summed E-state index contributed by atoms with van der Waals surface area (Å²) in [6.07, 6.45) is 5.32. The standard InChI is InChI=1S/C24H25ClF3N3O4/c25-17-3-2-16(11-18(17)26)34-14-19(32)31-24-8-5-23(6-9-24,7-10-24)21(33)30-13-15-1-4-20(29-12-15)35-22(27)28/h1-4,11-12,22H,5-10,13-14H2,(H,30,33)(H,31,32). The number of amides is 2. The van der Waals surface area contributed by atoms with Crippen LogP contribution in [0.5, 0.6) is 11.6 Å². The molecule has 1 heterocycles. The van der Waals surface area contributed by atoms with Gasteiger partial charge in [0.1, 0.15) is 11.6 Å². The van der Waals surface area contributed by atoms with Crippen LogP contribution < -0.4 is 20.1 Å². The van der Waals surface area contributed by atoms with Crippen LogP contribution in [0.4, 0.5) is 13.2 Å². The van der Waals surface area contributed by atoms with E-state index in [0.29, 0.717) is 44.1 Å². The Morgan fingerprint density at radius 1 is 1.09 bits per heavy atom. The van der Waals surface area contributed by atoms with Crippen LogP contribution in [0.1, 0.15) is 44.1 Å². The van der Waals surface area contributed by atoms with Crippen LogP contribution >= 0.6 is 11.6 Å². The monoisotopic (exact) mass is 511 g/mol. The van der Waals surface area contributed by atoms with Gasteiger partial charge in [-0.05, 0) is 56.2 Å². The first-order chi connectivity index (χ1) is 16.7. The molecule has 7 nitrogen and oxygen atoms in total. The van der Waals surface area contributed by atoms with Crippen molar-refractivity contribution in [3.05, 3.63) is 52.9 Å². The lowest BCUT2D eigenvalue weighted by Gasteiger charge is -2.52. The summed E-state index contributed by atoms with van der Waals surface area (Å²) in [6.45, 7) is -2.96. The maximum Gasteiger partial charge on any atom is 0.388 e. The highest BCUT2D eigenvalue weighted by Crippen LogP contribution is 2.52. The fourth-order valence-electron chi connectivity index (χ4n) is 4.81. The molecule has 2 N–H and O–H groups in total. The number of halogens is 4. The molecule has 3 fully saturated rings. The Labute approximate surface area is 205 Å². The van der Waals surface area contributed by atoms with Gasteiger partial charge < -0.3 is 20.1 Å². The van der Waals surface area contributed by atoms with Crippen LogP contribution in [0.2, 0.25) is 5.02 Å². The van der Waals surface area contributed by atoms with Gasteiger partial charge in [-0.1, -0.05) is 17.7 Å². The van der Waals surface area contributed by atoms with Crippen molar-refractivity contribution in [2.24, 2.45) is 5.41 Å². The normalized spacial score (nSPS) is 23.1. The number of ether oxygens (including phenoxy) is 2. The smallest absolute Gasteiger partial charge is 0.388 e. The molecule has 2 aromatic rings. The first-order valence-corrected chi connectivity index (χ1v) is 11.6. The number of alkyl halides is 2. The number of fused-ring (bicyclic) bond motifs is 3. The van der Waals surface area contributed by atoms with Crippen LogP contribution in [-0.2, 0) is 16.1 Å². The van der Waals surface area contributed by atoms with Crippen molar-refractivity contribution < 1.29 is 32.2 Å². The van der Waals surface area contributed by atoms with Gasteiger partial charge in [0.2, 0.25) is 11.8 Å². The van der Waals surface area contributed by atoms with Gasteiger partial charge in [0.25, 0.3) is 5.91 Å². The average molecular weight is 512 g/mol. The minimum Gasteiger partial charge on any atom is -0.484 e. The summed E-state index contributed by atoms with van der Waals surface area (Å²) in [7, 11) is 0. The van der Waals surface area contributed by atoms with E-state index in [2.05, 4.69) is 20.4 Å². The SMILES string of the molecule is O=C(COc1ccc(Cl)c(F)c1)NC12CCC(C(=O)NCc3ccc(OC(F)F)nc3)(CC1)CC2. The van der Waals surface area contributed by atoms with E-state index in [9.17, 15) is 22.8 Å². The number of carbonyl (C=O) groups excluding carboxylic acids is 2. The van der Waals surface area contributed by atoms with Crippen LogP contribution in [0.3, 0.4) is 0 Å². The van der Waals surface area contributed by atoms with Crippen LogP contribution in [0, 0.1) is 11.2 Å². The summed E-state index contributed by atoms with van der Waals surface area (Å²) < 4.78 is 47.6. The highest BCUT2D eigenvalue weighted by Gasteiger charge is 2.52. The number of aromatic nitrogens is 1. The molecule has 3 aliphatic carbocycles. The molecule has 188 valence electrons. The van der Waals surface area contributed by atoms with Crippen molar-refractivity contribution in [2.45, 2.75) is 57.2 Å². The predicted octanol–water partition coefficient (Wildman–Crippen LogP) is 4.38. The van der Waals surface area contributed by atoms with E-state index < -0.39 is 17.8 Å². The molecule has 1 aromatic carbocycles. The minimum absolute atomic E-state index is 0.0216. The van der Waals surface area contributed by atoms with Gasteiger partial charge >= 0.3 is 6.61 Å². The molecule has 1 aromatic heterocycles. The summed E-state index contributed by atoms with van der Waals surface area (Å²) in [6, 6.07) is 6.89. The first-order valence-electron chi connectivity index (χ1n) is 11.3. The van der Waals surface area contributed by atoms with E-state index in [1.807, 2.05) is 0 Å². The number of hydrogen-bond acceptors (Lipinski definition) is 5. The van der Waals surface area contributed by atoms with E-state index in [-0.39, 0.29) is 47.2 Å². The van der Waals surface area contributed by atoms with E-state index in [0.717, 1.165) is 6.07 Å². The zero-order chi connectivity index (χ0) is 25.1. The first kappa shape index (κ1) is 25.1. The lowest BCUT2D eigenvalue weighted by atomic mass is 9.57. The molecule has 0 aliphatic heterocycles. The number of benzene rings is 1. The van der Waals surface area contributed by atoms with E-state index >= 15 is 0 Å². The number of nitrogens with one attached hydrogen (secondary N) is 2. The molecule has 0 saturated heterocycles. The van der Waals surface area contributed by atoms with Gasteiger partial charge in [0.05, 0.1) is 5.02 Å². The quantitative estimate of drug-likeness (QED) is 0.521. The van der Waals surface area contributed by atoms with Gasteiger partial charge in [0.15, 0.2) is 6.61 Å². The molecule has 2 bridgehead atoms. The molecule has 5 rings (SSSR count). The Kier molecular flexibility index (Phi) is 7.39. The molecule has 0 atom stereocenters. The fourth-order valence-corrected chi connectivity index (χ4v) is 4.92. The second kappa shape index (κ2) is 10.3. The molecular weight excluding hydrogens is 487 g/mol. The summed E-state index contributed by atoms with van der Waals surface area (Å²) in [5.41, 5.74) is -0.195. The second-order valence-corrected chi connectivity index (χ2v) is 9.45. The van der Waals surface area contributed by atoms with Crippen LogP contribution in [0.15, 0.2) is 36.5 Å². The molecule has 11 heteroatoms. The Morgan fingerprint density at radius 3 is 2.40 bits per heavy atom. The van der Waals surface area contributed by atoms with Crippen LogP contribution in [-0.4, -0.2) is 35.6 Å². The third-order valence-corrected chi connectivity index (χ3v) is 7.16. The molecule has 3 saturated carbocycles. The third kappa shape index (κ3) is 5.98. The van der Waals surface area contributed by atoms with E-state index in [1.165, 1.54) is 24.4 Å². The van der Waals surface area contributed by atoms with Gasteiger partial charge in [-0.15, -0.1) is 0 Å². The van der Waals surface area contributed by atoms with Crippen molar-refractivity contribution in [3.63, 3.8) is 0 Å². The fraction of sp³-hybridized carbons (Fsp3) is 0.458. The van der Waals surface area contributed by atoms with Crippen LogP contribution in [0.25, 0.3) is 0 Å². The van der Waals surface area contributed by atoms with Crippen molar-refractivity contribution in [3.8, 4) is 11.6 Å². The second-order valence-electron chi connectivity index (χ2n) is 9.04. The topological polar surface area (TPSA) is 89.5 Å². The van der Waals surface area contributed by atoms with Crippen molar-refractivity contribution >= 4 is 23.4 Å². The summed E-state index contributed by atoms with van der Waals surface area (Å²) in [5, 5.41) is 5.97. The molecule has 0 radical (unpaired) electrons. The van der Waals surface area contributed by atoms with Gasteiger partial charge in [0, 0.05) is 35.8 Å². The number of hydrogen-bond donors (Lipinski definition) is 2. The van der Waals surface area contributed by atoms with E-state index in [1.54, 1.807) is 6.07 Å². The van der Waals surface area contributed by atoms with E-state index in [4.69, 9.17) is 16.3 Å². The summed E-state index contributed by atoms with van der Waals surface area (Å²) >= 11 is 5.65. The highest BCUT2D eigenvalue weighted by atomic mass is 35.5. The lowest BCUT2D eigenvalue weighted by molar-refractivity contribution is -0.140. The zero-order valence-corrected chi connectivity index (χ0v) is 19.5. The Balaban J connectivity index is 1.25. The number of nitrogens with zero attached hydrogens (tertiary/aromatic N) is 1. The molecule has 0 spiro atoms. The maximum atomic E-state index is 13.5. The maximum absolute atomic E-state index is 13.5. The molecular formula is C24H25ClF3N3O4. The number of pyridine rings is 1. The molecule has 2 amide bonds. The molecule has 3 aliphatic rings. The minimum atomic E-state index is -2.94.